The van der Waals surface area contributed by atoms with Crippen LogP contribution in [0.1, 0.15) is 25.0 Å². The average molecular weight is 225 g/mol. The standard InChI is InChI=1S/C13H20FNO/c1-3-15(4-2)8-7-12-9-11(10-16)5-6-13(12)14/h5-6,9,16H,3-4,7-8,10H2,1-2H3. The summed E-state index contributed by atoms with van der Waals surface area (Å²) in [7, 11) is 0. The molecule has 0 aliphatic rings. The fraction of sp³-hybridized carbons (Fsp3) is 0.538. The summed E-state index contributed by atoms with van der Waals surface area (Å²) in [6.45, 7) is 7.00. The predicted octanol–water partition coefficient (Wildman–Crippen LogP) is 2.20. The SMILES string of the molecule is CCN(CC)CCc1cc(CO)ccc1F. The van der Waals surface area contributed by atoms with Crippen LogP contribution in [0.15, 0.2) is 18.2 Å². The third-order valence-electron chi connectivity index (χ3n) is 2.88. The molecule has 0 unspecified atom stereocenters. The van der Waals surface area contributed by atoms with Gasteiger partial charge >= 0.3 is 0 Å². The van der Waals surface area contributed by atoms with Crippen molar-refractivity contribution in [1.82, 2.24) is 4.90 Å². The maximum atomic E-state index is 13.5. The molecule has 90 valence electrons. The smallest absolute Gasteiger partial charge is 0.126 e. The van der Waals surface area contributed by atoms with E-state index in [-0.39, 0.29) is 12.4 Å². The maximum absolute atomic E-state index is 13.5. The van der Waals surface area contributed by atoms with Crippen molar-refractivity contribution in [2.45, 2.75) is 26.9 Å². The Morgan fingerprint density at radius 1 is 1.25 bits per heavy atom. The topological polar surface area (TPSA) is 23.5 Å². The van der Waals surface area contributed by atoms with Crippen LogP contribution in [0.3, 0.4) is 0 Å². The van der Waals surface area contributed by atoms with Crippen LogP contribution >= 0.6 is 0 Å². The lowest BCUT2D eigenvalue weighted by Crippen LogP contribution is -2.25. The molecular formula is C13H20FNO. The van der Waals surface area contributed by atoms with Crippen molar-refractivity contribution in [3.8, 4) is 0 Å². The highest BCUT2D eigenvalue weighted by Gasteiger charge is 2.05. The summed E-state index contributed by atoms with van der Waals surface area (Å²) in [6, 6.07) is 4.80. The molecule has 3 heteroatoms. The van der Waals surface area contributed by atoms with Crippen molar-refractivity contribution in [2.75, 3.05) is 19.6 Å². The van der Waals surface area contributed by atoms with Gasteiger partial charge in [-0.1, -0.05) is 26.0 Å². The number of likely N-dealkylation sites (N-methyl/N-ethyl adjacent to an activating group) is 1. The van der Waals surface area contributed by atoms with Gasteiger partial charge in [-0.2, -0.15) is 0 Å². The largest absolute Gasteiger partial charge is 0.392 e. The first-order valence-electron chi connectivity index (χ1n) is 5.81. The van der Waals surface area contributed by atoms with Gasteiger partial charge in [0.05, 0.1) is 6.61 Å². The molecule has 0 fully saturated rings. The van der Waals surface area contributed by atoms with E-state index < -0.39 is 0 Å². The number of halogens is 1. The van der Waals surface area contributed by atoms with Gasteiger partial charge in [0.25, 0.3) is 0 Å². The first kappa shape index (κ1) is 13.1. The molecule has 0 amide bonds. The first-order valence-corrected chi connectivity index (χ1v) is 5.81. The molecule has 0 radical (unpaired) electrons. The van der Waals surface area contributed by atoms with Gasteiger partial charge in [0, 0.05) is 6.54 Å². The fourth-order valence-electron chi connectivity index (χ4n) is 1.74. The highest BCUT2D eigenvalue weighted by atomic mass is 19.1. The number of nitrogens with zero attached hydrogens (tertiary/aromatic N) is 1. The highest BCUT2D eigenvalue weighted by Crippen LogP contribution is 2.12. The van der Waals surface area contributed by atoms with Gasteiger partial charge in [-0.05, 0) is 36.7 Å². The van der Waals surface area contributed by atoms with Crippen LogP contribution in [-0.4, -0.2) is 29.6 Å². The fourth-order valence-corrected chi connectivity index (χ4v) is 1.74. The molecule has 1 N–H and O–H groups in total. The van der Waals surface area contributed by atoms with Crippen molar-refractivity contribution in [1.29, 1.82) is 0 Å². The van der Waals surface area contributed by atoms with Gasteiger partial charge < -0.3 is 10.0 Å². The van der Waals surface area contributed by atoms with Crippen molar-refractivity contribution in [2.24, 2.45) is 0 Å². The summed E-state index contributed by atoms with van der Waals surface area (Å²) in [6.07, 6.45) is 0.696. The summed E-state index contributed by atoms with van der Waals surface area (Å²) in [4.78, 5) is 2.26. The number of benzene rings is 1. The minimum absolute atomic E-state index is 0.0292. The normalized spacial score (nSPS) is 11.1. The van der Waals surface area contributed by atoms with E-state index in [0.29, 0.717) is 12.0 Å². The van der Waals surface area contributed by atoms with Crippen LogP contribution < -0.4 is 0 Å². The van der Waals surface area contributed by atoms with Crippen LogP contribution in [0.25, 0.3) is 0 Å². The van der Waals surface area contributed by atoms with Gasteiger partial charge in [0.2, 0.25) is 0 Å². The zero-order valence-electron chi connectivity index (χ0n) is 10.0. The molecule has 0 saturated carbocycles. The first-order chi connectivity index (χ1) is 7.71. The number of hydrogen-bond donors (Lipinski definition) is 1. The third-order valence-corrected chi connectivity index (χ3v) is 2.88. The predicted molar refractivity (Wildman–Crippen MR) is 63.8 cm³/mol. The molecular weight excluding hydrogens is 205 g/mol. The Labute approximate surface area is 96.7 Å². The number of hydrogen-bond acceptors (Lipinski definition) is 2. The number of aliphatic hydroxyl groups is 1. The van der Waals surface area contributed by atoms with E-state index in [2.05, 4.69) is 18.7 Å². The Morgan fingerprint density at radius 2 is 1.94 bits per heavy atom. The van der Waals surface area contributed by atoms with E-state index in [1.807, 2.05) is 0 Å². The van der Waals surface area contributed by atoms with Gasteiger partial charge in [-0.15, -0.1) is 0 Å². The van der Waals surface area contributed by atoms with Crippen molar-refractivity contribution < 1.29 is 9.50 Å². The Hall–Kier alpha value is -0.930. The van der Waals surface area contributed by atoms with Crippen LogP contribution in [0, 0.1) is 5.82 Å². The number of aliphatic hydroxyl groups excluding tert-OH is 1. The molecule has 0 atom stereocenters. The third kappa shape index (κ3) is 3.58. The van der Waals surface area contributed by atoms with Gasteiger partial charge in [-0.3, -0.25) is 0 Å². The number of rotatable bonds is 6. The van der Waals surface area contributed by atoms with E-state index in [1.54, 1.807) is 12.1 Å². The van der Waals surface area contributed by atoms with Gasteiger partial charge in [-0.25, -0.2) is 4.39 Å². The summed E-state index contributed by atoms with van der Waals surface area (Å²) < 4.78 is 13.5. The molecule has 0 heterocycles. The molecule has 2 nitrogen and oxygen atoms in total. The van der Waals surface area contributed by atoms with E-state index in [4.69, 9.17) is 5.11 Å². The lowest BCUT2D eigenvalue weighted by Gasteiger charge is -2.18. The monoisotopic (exact) mass is 225 g/mol. The van der Waals surface area contributed by atoms with Crippen molar-refractivity contribution >= 4 is 0 Å². The van der Waals surface area contributed by atoms with Gasteiger partial charge in [0.1, 0.15) is 5.82 Å². The van der Waals surface area contributed by atoms with Crippen molar-refractivity contribution in [3.63, 3.8) is 0 Å². The molecule has 16 heavy (non-hydrogen) atoms. The van der Waals surface area contributed by atoms with Crippen LogP contribution in [0.4, 0.5) is 4.39 Å². The van der Waals surface area contributed by atoms with E-state index in [0.717, 1.165) is 25.2 Å². The molecule has 0 aliphatic heterocycles. The summed E-state index contributed by atoms with van der Waals surface area (Å²) in [5.41, 5.74) is 1.47. The minimum atomic E-state index is -0.177. The summed E-state index contributed by atoms with van der Waals surface area (Å²) in [5.74, 6) is -0.177. The molecule has 0 aromatic heterocycles. The van der Waals surface area contributed by atoms with E-state index >= 15 is 0 Å². The quantitative estimate of drug-likeness (QED) is 0.802. The summed E-state index contributed by atoms with van der Waals surface area (Å²) >= 11 is 0. The van der Waals surface area contributed by atoms with E-state index in [9.17, 15) is 4.39 Å². The molecule has 0 spiro atoms. The zero-order chi connectivity index (χ0) is 12.0. The highest BCUT2D eigenvalue weighted by molar-refractivity contribution is 5.24. The Kier molecular flexibility index (Phi) is 5.43. The maximum Gasteiger partial charge on any atom is 0.126 e. The molecule has 1 aromatic rings. The summed E-state index contributed by atoms with van der Waals surface area (Å²) in [5, 5.41) is 8.99. The average Bonchev–Trinajstić information content (AvgIpc) is 2.32. The molecule has 0 aliphatic carbocycles. The Bertz CT molecular complexity index is 324. The lowest BCUT2D eigenvalue weighted by molar-refractivity contribution is 0.281. The lowest BCUT2D eigenvalue weighted by atomic mass is 10.1. The molecule has 1 aromatic carbocycles. The molecule has 0 bridgehead atoms. The minimum Gasteiger partial charge on any atom is -0.392 e. The second-order valence-electron chi connectivity index (χ2n) is 3.86. The zero-order valence-corrected chi connectivity index (χ0v) is 10.0. The van der Waals surface area contributed by atoms with Crippen LogP contribution in [0.2, 0.25) is 0 Å². The van der Waals surface area contributed by atoms with Gasteiger partial charge in [0.15, 0.2) is 0 Å². The molecule has 1 rings (SSSR count). The Balaban J connectivity index is 2.65. The Morgan fingerprint density at radius 3 is 2.50 bits per heavy atom. The van der Waals surface area contributed by atoms with E-state index in [1.165, 1.54) is 6.07 Å². The van der Waals surface area contributed by atoms with Crippen LogP contribution in [0.5, 0.6) is 0 Å². The second-order valence-corrected chi connectivity index (χ2v) is 3.86. The molecule has 0 saturated heterocycles. The van der Waals surface area contributed by atoms with Crippen LogP contribution in [-0.2, 0) is 13.0 Å². The van der Waals surface area contributed by atoms with Crippen molar-refractivity contribution in [3.05, 3.63) is 35.1 Å². The second kappa shape index (κ2) is 6.61.